The Morgan fingerprint density at radius 2 is 2.11 bits per heavy atom. The molecule has 1 aliphatic heterocycles. The second-order valence-corrected chi connectivity index (χ2v) is 5.10. The number of nitrogens with two attached hydrogens (primary N) is 1. The molecule has 4 heteroatoms. The molecule has 1 fully saturated rings. The van der Waals surface area contributed by atoms with Crippen molar-refractivity contribution in [3.8, 4) is 0 Å². The number of piperazine rings is 1. The van der Waals surface area contributed by atoms with Crippen LogP contribution in [0, 0.1) is 6.92 Å². The van der Waals surface area contributed by atoms with Crippen molar-refractivity contribution in [2.24, 2.45) is 0 Å². The highest BCUT2D eigenvalue weighted by Crippen LogP contribution is 2.19. The minimum absolute atomic E-state index is 0.0970. The summed E-state index contributed by atoms with van der Waals surface area (Å²) in [4.78, 5) is 16.7. The average molecular weight is 247 g/mol. The van der Waals surface area contributed by atoms with Gasteiger partial charge in [0, 0.05) is 36.9 Å². The Morgan fingerprint density at radius 3 is 2.78 bits per heavy atom. The van der Waals surface area contributed by atoms with Crippen molar-refractivity contribution >= 4 is 11.6 Å². The van der Waals surface area contributed by atoms with E-state index in [9.17, 15) is 4.79 Å². The van der Waals surface area contributed by atoms with Crippen LogP contribution < -0.4 is 5.73 Å². The van der Waals surface area contributed by atoms with Gasteiger partial charge in [-0.2, -0.15) is 0 Å². The van der Waals surface area contributed by atoms with Crippen LogP contribution in [0.1, 0.15) is 22.8 Å². The van der Waals surface area contributed by atoms with Gasteiger partial charge in [0.25, 0.3) is 5.91 Å². The van der Waals surface area contributed by atoms with E-state index >= 15 is 0 Å². The standard InChI is InChI=1S/C14H21N3O/c1-10-9-17(8-7-16(10)3)14(18)12-5-4-6-13(15)11(12)2/h4-6,10H,7-9,15H2,1-3H3. The Labute approximate surface area is 108 Å². The van der Waals surface area contributed by atoms with Crippen LogP contribution in [0.4, 0.5) is 5.69 Å². The summed E-state index contributed by atoms with van der Waals surface area (Å²) in [5.41, 5.74) is 8.15. The molecular formula is C14H21N3O. The van der Waals surface area contributed by atoms with E-state index in [1.54, 1.807) is 0 Å². The van der Waals surface area contributed by atoms with Crippen molar-refractivity contribution in [3.05, 3.63) is 29.3 Å². The first-order valence-electron chi connectivity index (χ1n) is 6.35. The van der Waals surface area contributed by atoms with Crippen molar-refractivity contribution < 1.29 is 4.79 Å². The van der Waals surface area contributed by atoms with Crippen LogP contribution in [0.5, 0.6) is 0 Å². The molecule has 0 aliphatic carbocycles. The third-order valence-corrected chi connectivity index (χ3v) is 3.85. The molecule has 4 nitrogen and oxygen atoms in total. The van der Waals surface area contributed by atoms with E-state index in [2.05, 4.69) is 18.9 Å². The van der Waals surface area contributed by atoms with Gasteiger partial charge in [-0.25, -0.2) is 0 Å². The summed E-state index contributed by atoms with van der Waals surface area (Å²) in [6, 6.07) is 5.94. The molecule has 0 aromatic heterocycles. The molecule has 2 N–H and O–H groups in total. The second-order valence-electron chi connectivity index (χ2n) is 5.10. The molecule has 1 saturated heterocycles. The highest BCUT2D eigenvalue weighted by atomic mass is 16.2. The summed E-state index contributed by atoms with van der Waals surface area (Å²) < 4.78 is 0. The first-order valence-corrected chi connectivity index (χ1v) is 6.35. The molecule has 1 aromatic rings. The quantitative estimate of drug-likeness (QED) is 0.762. The molecule has 1 heterocycles. The molecule has 1 aromatic carbocycles. The van der Waals surface area contributed by atoms with Gasteiger partial charge in [0.1, 0.15) is 0 Å². The highest BCUT2D eigenvalue weighted by molar-refractivity contribution is 5.97. The summed E-state index contributed by atoms with van der Waals surface area (Å²) in [6.07, 6.45) is 0. The number of nitrogens with zero attached hydrogens (tertiary/aromatic N) is 2. The number of hydrogen-bond acceptors (Lipinski definition) is 3. The van der Waals surface area contributed by atoms with E-state index in [0.717, 1.165) is 30.8 Å². The summed E-state index contributed by atoms with van der Waals surface area (Å²) in [6.45, 7) is 6.54. The van der Waals surface area contributed by atoms with Crippen molar-refractivity contribution in [3.63, 3.8) is 0 Å². The van der Waals surface area contributed by atoms with Crippen LogP contribution in [0.3, 0.4) is 0 Å². The summed E-state index contributed by atoms with van der Waals surface area (Å²) in [7, 11) is 2.10. The monoisotopic (exact) mass is 247 g/mol. The van der Waals surface area contributed by atoms with Gasteiger partial charge in [-0.05, 0) is 38.6 Å². The van der Waals surface area contributed by atoms with Crippen molar-refractivity contribution in [2.45, 2.75) is 19.9 Å². The smallest absolute Gasteiger partial charge is 0.254 e. The van der Waals surface area contributed by atoms with Gasteiger partial charge >= 0.3 is 0 Å². The molecule has 98 valence electrons. The summed E-state index contributed by atoms with van der Waals surface area (Å²) in [5.74, 6) is 0.0970. The van der Waals surface area contributed by atoms with Gasteiger partial charge in [0.15, 0.2) is 0 Å². The molecule has 2 rings (SSSR count). The lowest BCUT2D eigenvalue weighted by molar-refractivity contribution is 0.0572. The van der Waals surface area contributed by atoms with E-state index in [1.807, 2.05) is 30.0 Å². The number of amides is 1. The predicted octanol–water partition coefficient (Wildman–Crippen LogP) is 1.35. The van der Waals surface area contributed by atoms with Gasteiger partial charge in [-0.1, -0.05) is 6.07 Å². The number of carbonyl (C=O) groups excluding carboxylic acids is 1. The Morgan fingerprint density at radius 1 is 1.39 bits per heavy atom. The lowest BCUT2D eigenvalue weighted by Gasteiger charge is -2.37. The Hall–Kier alpha value is -1.55. The molecule has 1 amide bonds. The van der Waals surface area contributed by atoms with E-state index in [4.69, 9.17) is 5.73 Å². The summed E-state index contributed by atoms with van der Waals surface area (Å²) >= 11 is 0. The number of anilines is 1. The highest BCUT2D eigenvalue weighted by Gasteiger charge is 2.25. The average Bonchev–Trinajstić information content (AvgIpc) is 2.35. The Bertz CT molecular complexity index is 458. The number of nitrogen functional groups attached to an aromatic ring is 1. The minimum Gasteiger partial charge on any atom is -0.398 e. The van der Waals surface area contributed by atoms with Crippen LogP contribution in [-0.4, -0.2) is 48.4 Å². The number of carbonyl (C=O) groups is 1. The largest absolute Gasteiger partial charge is 0.398 e. The van der Waals surface area contributed by atoms with Crippen molar-refractivity contribution in [2.75, 3.05) is 32.4 Å². The maximum absolute atomic E-state index is 12.5. The van der Waals surface area contributed by atoms with E-state index in [-0.39, 0.29) is 5.91 Å². The van der Waals surface area contributed by atoms with E-state index in [1.165, 1.54) is 0 Å². The van der Waals surface area contributed by atoms with E-state index < -0.39 is 0 Å². The fourth-order valence-corrected chi connectivity index (χ4v) is 2.29. The van der Waals surface area contributed by atoms with Gasteiger partial charge in [-0.3, -0.25) is 4.79 Å². The molecule has 1 unspecified atom stereocenters. The number of rotatable bonds is 1. The lowest BCUT2D eigenvalue weighted by Crippen LogP contribution is -2.52. The zero-order valence-corrected chi connectivity index (χ0v) is 11.3. The van der Waals surface area contributed by atoms with Crippen LogP contribution in [0.15, 0.2) is 18.2 Å². The van der Waals surface area contributed by atoms with E-state index in [0.29, 0.717) is 11.7 Å². The third-order valence-electron chi connectivity index (χ3n) is 3.85. The molecule has 18 heavy (non-hydrogen) atoms. The molecule has 0 bridgehead atoms. The molecule has 1 atom stereocenters. The number of likely N-dealkylation sites (N-methyl/N-ethyl adjacent to an activating group) is 1. The predicted molar refractivity (Wildman–Crippen MR) is 73.6 cm³/mol. The molecular weight excluding hydrogens is 226 g/mol. The normalized spacial score (nSPS) is 21.1. The first kappa shape index (κ1) is 12.9. The van der Waals surface area contributed by atoms with Crippen LogP contribution in [-0.2, 0) is 0 Å². The first-order chi connectivity index (χ1) is 8.50. The topological polar surface area (TPSA) is 49.6 Å². The van der Waals surface area contributed by atoms with Crippen LogP contribution in [0.2, 0.25) is 0 Å². The minimum atomic E-state index is 0.0970. The fourth-order valence-electron chi connectivity index (χ4n) is 2.29. The van der Waals surface area contributed by atoms with Gasteiger partial charge in [0.2, 0.25) is 0 Å². The Balaban J connectivity index is 2.19. The maximum Gasteiger partial charge on any atom is 0.254 e. The molecule has 0 saturated carbocycles. The van der Waals surface area contributed by atoms with Crippen LogP contribution in [0.25, 0.3) is 0 Å². The molecule has 1 aliphatic rings. The fraction of sp³-hybridized carbons (Fsp3) is 0.500. The van der Waals surface area contributed by atoms with Gasteiger partial charge < -0.3 is 15.5 Å². The lowest BCUT2D eigenvalue weighted by atomic mass is 10.0. The van der Waals surface area contributed by atoms with Crippen LogP contribution >= 0.6 is 0 Å². The zero-order chi connectivity index (χ0) is 13.3. The number of hydrogen-bond donors (Lipinski definition) is 1. The molecule has 0 radical (unpaired) electrons. The van der Waals surface area contributed by atoms with Gasteiger partial charge in [0.05, 0.1) is 0 Å². The third kappa shape index (κ3) is 2.34. The Kier molecular flexibility index (Phi) is 3.57. The second kappa shape index (κ2) is 4.98. The SMILES string of the molecule is Cc1c(N)cccc1C(=O)N1CCN(C)C(C)C1. The molecule has 0 spiro atoms. The van der Waals surface area contributed by atoms with Crippen molar-refractivity contribution in [1.29, 1.82) is 0 Å². The maximum atomic E-state index is 12.5. The zero-order valence-electron chi connectivity index (χ0n) is 11.3. The summed E-state index contributed by atoms with van der Waals surface area (Å²) in [5, 5.41) is 0. The van der Waals surface area contributed by atoms with Gasteiger partial charge in [-0.15, -0.1) is 0 Å². The van der Waals surface area contributed by atoms with Crippen molar-refractivity contribution in [1.82, 2.24) is 9.80 Å². The number of benzene rings is 1.